The second-order valence-corrected chi connectivity index (χ2v) is 6.09. The van der Waals surface area contributed by atoms with Crippen LogP contribution in [0.3, 0.4) is 0 Å². The highest BCUT2D eigenvalue weighted by Crippen LogP contribution is 2.29. The van der Waals surface area contributed by atoms with Crippen molar-refractivity contribution in [3.63, 3.8) is 0 Å². The first-order chi connectivity index (χ1) is 10.3. The molecular formula is C15H14N2O2S2. The molecule has 0 aliphatic heterocycles. The van der Waals surface area contributed by atoms with E-state index in [1.165, 1.54) is 11.8 Å². The summed E-state index contributed by atoms with van der Waals surface area (Å²) in [5.74, 6) is 0.622. The third kappa shape index (κ3) is 3.18. The van der Waals surface area contributed by atoms with Crippen molar-refractivity contribution in [2.75, 3.05) is 6.26 Å². The Kier molecular flexibility index (Phi) is 4.38. The number of hydrogen-bond acceptors (Lipinski definition) is 6. The lowest BCUT2D eigenvalue weighted by atomic mass is 10.1. The van der Waals surface area contributed by atoms with Crippen LogP contribution in [0.15, 0.2) is 40.9 Å². The maximum atomic E-state index is 9.04. The van der Waals surface area contributed by atoms with Gasteiger partial charge >= 0.3 is 0 Å². The molecule has 3 rings (SSSR count). The van der Waals surface area contributed by atoms with Crippen molar-refractivity contribution in [3.8, 4) is 5.88 Å². The first-order valence-electron chi connectivity index (χ1n) is 6.41. The number of nitrogens with zero attached hydrogens (tertiary/aromatic N) is 2. The molecule has 2 aromatic heterocycles. The summed E-state index contributed by atoms with van der Waals surface area (Å²) in [7, 11) is 0. The van der Waals surface area contributed by atoms with E-state index in [4.69, 9.17) is 9.84 Å². The number of thioether (sulfide) groups is 1. The molecule has 0 aliphatic carbocycles. The fraction of sp³-hybridized carbons (Fsp3) is 0.200. The highest BCUT2D eigenvalue weighted by molar-refractivity contribution is 7.98. The van der Waals surface area contributed by atoms with Crippen LogP contribution in [0.4, 0.5) is 0 Å². The summed E-state index contributed by atoms with van der Waals surface area (Å²) < 4.78 is 5.86. The second-order valence-electron chi connectivity index (χ2n) is 4.42. The molecule has 2 heterocycles. The highest BCUT2D eigenvalue weighted by Gasteiger charge is 2.10. The van der Waals surface area contributed by atoms with E-state index in [0.29, 0.717) is 12.5 Å². The van der Waals surface area contributed by atoms with E-state index in [-0.39, 0.29) is 6.61 Å². The zero-order valence-electron chi connectivity index (χ0n) is 11.4. The van der Waals surface area contributed by atoms with Gasteiger partial charge in [-0.1, -0.05) is 36.0 Å². The van der Waals surface area contributed by atoms with Crippen LogP contribution < -0.4 is 4.74 Å². The standard InChI is InChI=1S/C15H14N2O2S2/c1-20-15-16-13(12-6-7-21-14(12)17-15)19-9-11-4-2-10(8-18)3-5-11/h2-7,18H,8-9H2,1H3. The SMILES string of the molecule is CSc1nc(OCc2ccc(CO)cc2)c2ccsc2n1. The van der Waals surface area contributed by atoms with Crippen LogP contribution in [0, 0.1) is 0 Å². The number of hydrogen-bond donors (Lipinski definition) is 1. The van der Waals surface area contributed by atoms with E-state index >= 15 is 0 Å². The van der Waals surface area contributed by atoms with Gasteiger partial charge in [0.1, 0.15) is 11.4 Å². The summed E-state index contributed by atoms with van der Waals surface area (Å²) in [6.07, 6.45) is 1.95. The summed E-state index contributed by atoms with van der Waals surface area (Å²) in [6.45, 7) is 0.501. The number of fused-ring (bicyclic) bond motifs is 1. The molecule has 21 heavy (non-hydrogen) atoms. The van der Waals surface area contributed by atoms with Gasteiger partial charge in [-0.2, -0.15) is 4.98 Å². The average molecular weight is 318 g/mol. The molecule has 0 saturated heterocycles. The maximum absolute atomic E-state index is 9.04. The quantitative estimate of drug-likeness (QED) is 0.576. The molecule has 0 bridgehead atoms. The normalized spacial score (nSPS) is 11.0. The van der Waals surface area contributed by atoms with Crippen LogP contribution in [0.5, 0.6) is 5.88 Å². The molecule has 0 unspecified atom stereocenters. The first-order valence-corrected chi connectivity index (χ1v) is 8.51. The van der Waals surface area contributed by atoms with Gasteiger partial charge in [-0.25, -0.2) is 4.98 Å². The zero-order chi connectivity index (χ0) is 14.7. The van der Waals surface area contributed by atoms with E-state index in [9.17, 15) is 0 Å². The van der Waals surface area contributed by atoms with Crippen LogP contribution in [-0.2, 0) is 13.2 Å². The number of thiophene rings is 1. The number of aliphatic hydroxyl groups excluding tert-OH is 1. The summed E-state index contributed by atoms with van der Waals surface area (Å²) >= 11 is 3.09. The molecule has 0 aliphatic rings. The van der Waals surface area contributed by atoms with E-state index in [0.717, 1.165) is 26.5 Å². The number of aliphatic hydroxyl groups is 1. The lowest BCUT2D eigenvalue weighted by Gasteiger charge is -2.08. The summed E-state index contributed by atoms with van der Waals surface area (Å²) in [6, 6.07) is 9.67. The van der Waals surface area contributed by atoms with Gasteiger partial charge < -0.3 is 9.84 Å². The van der Waals surface area contributed by atoms with Gasteiger partial charge in [0.25, 0.3) is 0 Å². The third-order valence-corrected chi connectivity index (χ3v) is 4.39. The molecule has 108 valence electrons. The minimum absolute atomic E-state index is 0.0552. The highest BCUT2D eigenvalue weighted by atomic mass is 32.2. The minimum Gasteiger partial charge on any atom is -0.472 e. The smallest absolute Gasteiger partial charge is 0.226 e. The van der Waals surface area contributed by atoms with Crippen LogP contribution in [0.25, 0.3) is 10.2 Å². The van der Waals surface area contributed by atoms with Gasteiger partial charge in [0.05, 0.1) is 12.0 Å². The molecule has 0 amide bonds. The summed E-state index contributed by atoms with van der Waals surface area (Å²) in [5.41, 5.74) is 1.94. The number of ether oxygens (including phenoxy) is 1. The van der Waals surface area contributed by atoms with Crippen LogP contribution in [0.1, 0.15) is 11.1 Å². The van der Waals surface area contributed by atoms with Crippen molar-refractivity contribution in [1.82, 2.24) is 9.97 Å². The van der Waals surface area contributed by atoms with Crippen molar-refractivity contribution in [3.05, 3.63) is 46.8 Å². The van der Waals surface area contributed by atoms with E-state index < -0.39 is 0 Å². The lowest BCUT2D eigenvalue weighted by Crippen LogP contribution is -1.99. The fourth-order valence-corrected chi connectivity index (χ4v) is 3.07. The molecule has 0 atom stereocenters. The van der Waals surface area contributed by atoms with E-state index in [2.05, 4.69) is 9.97 Å². The Morgan fingerprint density at radius 1 is 1.14 bits per heavy atom. The van der Waals surface area contributed by atoms with Crippen LogP contribution in [0.2, 0.25) is 0 Å². The minimum atomic E-state index is 0.0552. The van der Waals surface area contributed by atoms with Crippen molar-refractivity contribution in [2.45, 2.75) is 18.4 Å². The number of aromatic nitrogens is 2. The Morgan fingerprint density at radius 2 is 1.90 bits per heavy atom. The topological polar surface area (TPSA) is 55.2 Å². The number of rotatable bonds is 5. The Labute approximate surface area is 130 Å². The van der Waals surface area contributed by atoms with Crippen molar-refractivity contribution in [1.29, 1.82) is 0 Å². The van der Waals surface area contributed by atoms with Crippen molar-refractivity contribution < 1.29 is 9.84 Å². The van der Waals surface area contributed by atoms with Gasteiger partial charge in [-0.3, -0.25) is 0 Å². The average Bonchev–Trinajstić information content (AvgIpc) is 3.01. The molecule has 0 fully saturated rings. The van der Waals surface area contributed by atoms with Gasteiger partial charge in [0, 0.05) is 0 Å². The Hall–Kier alpha value is -1.63. The van der Waals surface area contributed by atoms with Gasteiger partial charge in [0.2, 0.25) is 5.88 Å². The zero-order valence-corrected chi connectivity index (χ0v) is 13.1. The molecule has 0 saturated carbocycles. The maximum Gasteiger partial charge on any atom is 0.226 e. The molecule has 4 nitrogen and oxygen atoms in total. The molecule has 3 aromatic rings. The molecule has 0 spiro atoms. The number of benzene rings is 1. The third-order valence-electron chi connectivity index (χ3n) is 3.03. The monoisotopic (exact) mass is 318 g/mol. The van der Waals surface area contributed by atoms with E-state index in [1.807, 2.05) is 42.0 Å². The van der Waals surface area contributed by atoms with Crippen LogP contribution in [-0.4, -0.2) is 21.3 Å². The molecule has 6 heteroatoms. The van der Waals surface area contributed by atoms with Gasteiger partial charge in [-0.05, 0) is 28.8 Å². The van der Waals surface area contributed by atoms with Crippen molar-refractivity contribution in [2.24, 2.45) is 0 Å². The first kappa shape index (κ1) is 14.3. The Balaban J connectivity index is 1.81. The summed E-state index contributed by atoms with van der Waals surface area (Å²) in [5, 5.41) is 12.7. The predicted molar refractivity (Wildman–Crippen MR) is 85.9 cm³/mol. The fourth-order valence-electron chi connectivity index (χ4n) is 1.90. The molecular weight excluding hydrogens is 304 g/mol. The van der Waals surface area contributed by atoms with Gasteiger partial charge in [0.15, 0.2) is 5.16 Å². The largest absolute Gasteiger partial charge is 0.472 e. The summed E-state index contributed by atoms with van der Waals surface area (Å²) in [4.78, 5) is 9.84. The Bertz CT molecular complexity index is 741. The second kappa shape index (κ2) is 6.43. The Morgan fingerprint density at radius 3 is 2.62 bits per heavy atom. The predicted octanol–water partition coefficient (Wildman–Crippen LogP) is 3.48. The van der Waals surface area contributed by atoms with Crippen molar-refractivity contribution >= 4 is 33.3 Å². The van der Waals surface area contributed by atoms with E-state index in [1.54, 1.807) is 11.3 Å². The molecule has 0 radical (unpaired) electrons. The van der Waals surface area contributed by atoms with Crippen LogP contribution >= 0.6 is 23.1 Å². The molecule has 1 aromatic carbocycles. The van der Waals surface area contributed by atoms with Gasteiger partial charge in [-0.15, -0.1) is 11.3 Å². The lowest BCUT2D eigenvalue weighted by molar-refractivity contribution is 0.281. The molecule has 1 N–H and O–H groups in total.